The van der Waals surface area contributed by atoms with Gasteiger partial charge in [-0.3, -0.25) is 19.2 Å². The number of carbonyl (C=O) groups is 4. The Hall–Kier alpha value is -5.90. The molecule has 7 rings (SSSR count). The standard InChI is InChI=1S/C53H60N2O8/c1-4-9-36-13-17-38(18-14-36)21-33-47(56)60-43-27-23-41(24-28-43)52(58)62-45-31-32-46(51-50(45)54-35(3)49(55-51)40-11-7-6-8-12-40)63-53(59)42-25-29-44(30-26-42)61-48(57)34-22-39-19-15-37(10-5-2)16-20-39/h6-8,11-20,31-32,41-44H,4-5,9-10,21-30,33-34H2,1-3H3/t41-,42-,43-,44-. The molecule has 1 heterocycles. The average molecular weight is 853 g/mol. The molecular formula is C53H60N2O8. The van der Waals surface area contributed by atoms with Gasteiger partial charge >= 0.3 is 23.9 Å². The Kier molecular flexibility index (Phi) is 15.7. The highest BCUT2D eigenvalue weighted by atomic mass is 16.6. The van der Waals surface area contributed by atoms with Gasteiger partial charge in [0.15, 0.2) is 11.5 Å². The highest BCUT2D eigenvalue weighted by Crippen LogP contribution is 2.37. The lowest BCUT2D eigenvalue weighted by atomic mass is 9.87. The van der Waals surface area contributed by atoms with Crippen molar-refractivity contribution in [3.8, 4) is 22.8 Å². The van der Waals surface area contributed by atoms with Crippen LogP contribution in [0.4, 0.5) is 0 Å². The average Bonchev–Trinajstić information content (AvgIpc) is 3.30. The number of rotatable bonds is 17. The SMILES string of the molecule is CCCc1ccc(CCC(=O)O[C@H]2CC[C@H](C(=O)Oc3ccc(OC(=O)[C@H]4CC[C@H](OC(=O)CCc5ccc(CCC)cc5)CC4)c4nc(-c5ccccc5)c(C)nc34)CC2)cc1. The maximum absolute atomic E-state index is 13.7. The van der Waals surface area contributed by atoms with E-state index in [1.807, 2.05) is 37.3 Å². The molecule has 5 aromatic rings. The minimum Gasteiger partial charge on any atom is -0.462 e. The van der Waals surface area contributed by atoms with Crippen molar-refractivity contribution in [3.05, 3.63) is 119 Å². The molecule has 2 saturated carbocycles. The summed E-state index contributed by atoms with van der Waals surface area (Å²) in [5, 5.41) is 0. The van der Waals surface area contributed by atoms with Crippen LogP contribution in [0.15, 0.2) is 91.0 Å². The number of benzene rings is 4. The summed E-state index contributed by atoms with van der Waals surface area (Å²) in [7, 11) is 0. The quantitative estimate of drug-likeness (QED) is 0.0658. The van der Waals surface area contributed by atoms with Crippen LogP contribution in [0, 0.1) is 18.8 Å². The van der Waals surface area contributed by atoms with E-state index in [0.717, 1.165) is 42.4 Å². The van der Waals surface area contributed by atoms with E-state index in [1.54, 1.807) is 12.1 Å². The Labute approximate surface area is 371 Å². The molecule has 0 N–H and O–H groups in total. The van der Waals surface area contributed by atoms with Crippen molar-refractivity contribution >= 4 is 34.9 Å². The first-order chi connectivity index (χ1) is 30.6. The second-order valence-corrected chi connectivity index (χ2v) is 17.2. The number of hydrogen-bond donors (Lipinski definition) is 0. The first-order valence-electron chi connectivity index (χ1n) is 23.0. The van der Waals surface area contributed by atoms with Crippen molar-refractivity contribution in [1.82, 2.24) is 9.97 Å². The van der Waals surface area contributed by atoms with Crippen LogP contribution in [-0.4, -0.2) is 46.1 Å². The van der Waals surface area contributed by atoms with Crippen LogP contribution in [-0.2, 0) is 54.3 Å². The topological polar surface area (TPSA) is 131 Å². The normalized spacial score (nSPS) is 18.7. The molecule has 0 bridgehead atoms. The maximum atomic E-state index is 13.7. The molecule has 2 aliphatic rings. The van der Waals surface area contributed by atoms with E-state index in [1.165, 1.54) is 11.1 Å². The highest BCUT2D eigenvalue weighted by Gasteiger charge is 2.32. The van der Waals surface area contributed by atoms with E-state index in [9.17, 15) is 19.2 Å². The summed E-state index contributed by atoms with van der Waals surface area (Å²) in [4.78, 5) is 62.6. The minimum absolute atomic E-state index is 0.223. The van der Waals surface area contributed by atoms with Crippen LogP contribution in [0.25, 0.3) is 22.3 Å². The van der Waals surface area contributed by atoms with Gasteiger partial charge < -0.3 is 18.9 Å². The number of aromatic nitrogens is 2. The molecule has 2 aliphatic carbocycles. The fourth-order valence-corrected chi connectivity index (χ4v) is 8.73. The van der Waals surface area contributed by atoms with Crippen molar-refractivity contribution in [1.29, 1.82) is 0 Å². The van der Waals surface area contributed by atoms with Gasteiger partial charge in [-0.25, -0.2) is 9.97 Å². The summed E-state index contributed by atoms with van der Waals surface area (Å²) in [5.74, 6) is -1.51. The highest BCUT2D eigenvalue weighted by molar-refractivity contribution is 5.92. The fourth-order valence-electron chi connectivity index (χ4n) is 8.73. The molecule has 0 aliphatic heterocycles. The summed E-state index contributed by atoms with van der Waals surface area (Å²) in [6, 6.07) is 29.7. The molecule has 0 atom stereocenters. The van der Waals surface area contributed by atoms with Gasteiger partial charge in [0.2, 0.25) is 0 Å². The number of aryl methyl sites for hydroxylation is 5. The Morgan fingerprint density at radius 1 is 0.508 bits per heavy atom. The van der Waals surface area contributed by atoms with Crippen LogP contribution in [0.5, 0.6) is 11.5 Å². The second-order valence-electron chi connectivity index (χ2n) is 17.2. The maximum Gasteiger partial charge on any atom is 0.314 e. The van der Waals surface area contributed by atoms with Gasteiger partial charge in [-0.05, 0) is 118 Å². The van der Waals surface area contributed by atoms with Crippen LogP contribution < -0.4 is 9.47 Å². The molecular weight excluding hydrogens is 793 g/mol. The largest absolute Gasteiger partial charge is 0.462 e. The van der Waals surface area contributed by atoms with E-state index in [-0.39, 0.29) is 59.4 Å². The number of carbonyl (C=O) groups excluding carboxylic acids is 4. The van der Waals surface area contributed by atoms with Crippen molar-refractivity contribution in [2.24, 2.45) is 11.8 Å². The predicted molar refractivity (Wildman–Crippen MR) is 242 cm³/mol. The van der Waals surface area contributed by atoms with E-state index in [2.05, 4.69) is 62.4 Å². The molecule has 0 spiro atoms. The van der Waals surface area contributed by atoms with Gasteiger partial charge in [-0.2, -0.15) is 0 Å². The van der Waals surface area contributed by atoms with Gasteiger partial charge in [0.1, 0.15) is 23.2 Å². The monoisotopic (exact) mass is 852 g/mol. The molecule has 10 heteroatoms. The second kappa shape index (κ2) is 21.9. The van der Waals surface area contributed by atoms with Gasteiger partial charge in [-0.1, -0.05) is 106 Å². The van der Waals surface area contributed by atoms with Gasteiger partial charge in [0.25, 0.3) is 0 Å². The van der Waals surface area contributed by atoms with Crippen molar-refractivity contribution in [2.45, 2.75) is 136 Å². The molecule has 330 valence electrons. The van der Waals surface area contributed by atoms with Crippen molar-refractivity contribution < 1.29 is 38.1 Å². The van der Waals surface area contributed by atoms with Crippen molar-refractivity contribution in [2.75, 3.05) is 0 Å². The third-order valence-electron chi connectivity index (χ3n) is 12.4. The summed E-state index contributed by atoms with van der Waals surface area (Å²) in [5.41, 5.74) is 7.56. The number of esters is 4. The molecule has 10 nitrogen and oxygen atoms in total. The molecule has 2 fully saturated rings. The Balaban J connectivity index is 0.942. The summed E-state index contributed by atoms with van der Waals surface area (Å²) in [6.45, 7) is 6.17. The lowest BCUT2D eigenvalue weighted by molar-refractivity contribution is -0.153. The van der Waals surface area contributed by atoms with Crippen LogP contribution in [0.2, 0.25) is 0 Å². The Bertz CT molecular complexity index is 2330. The van der Waals surface area contributed by atoms with Crippen LogP contribution in [0.1, 0.15) is 119 Å². The van der Waals surface area contributed by atoms with Crippen LogP contribution >= 0.6 is 0 Å². The number of ether oxygens (including phenoxy) is 4. The molecule has 1 aromatic heterocycles. The van der Waals surface area contributed by atoms with E-state index in [4.69, 9.17) is 28.9 Å². The molecule has 0 unspecified atom stereocenters. The molecule has 0 radical (unpaired) electrons. The number of hydrogen-bond acceptors (Lipinski definition) is 10. The zero-order valence-electron chi connectivity index (χ0n) is 36.9. The number of nitrogens with zero attached hydrogens (tertiary/aromatic N) is 2. The van der Waals surface area contributed by atoms with Gasteiger partial charge in [0.05, 0.1) is 23.2 Å². The lowest BCUT2D eigenvalue weighted by Crippen LogP contribution is -2.30. The molecule has 0 saturated heterocycles. The third-order valence-corrected chi connectivity index (χ3v) is 12.4. The molecule has 63 heavy (non-hydrogen) atoms. The number of fused-ring (bicyclic) bond motifs is 1. The van der Waals surface area contributed by atoms with Crippen LogP contribution in [0.3, 0.4) is 0 Å². The smallest absolute Gasteiger partial charge is 0.314 e. The van der Waals surface area contributed by atoms with Crippen molar-refractivity contribution in [3.63, 3.8) is 0 Å². The van der Waals surface area contributed by atoms with Gasteiger partial charge in [-0.15, -0.1) is 0 Å². The first-order valence-corrected chi connectivity index (χ1v) is 23.0. The van der Waals surface area contributed by atoms with Gasteiger partial charge in [0, 0.05) is 18.4 Å². The summed E-state index contributed by atoms with van der Waals surface area (Å²) >= 11 is 0. The fraction of sp³-hybridized carbons (Fsp3) is 0.434. The minimum atomic E-state index is -0.389. The summed E-state index contributed by atoms with van der Waals surface area (Å²) < 4.78 is 23.7. The zero-order chi connectivity index (χ0) is 44.1. The Morgan fingerprint density at radius 2 is 0.905 bits per heavy atom. The third kappa shape index (κ3) is 12.4. The zero-order valence-corrected chi connectivity index (χ0v) is 36.9. The van der Waals surface area contributed by atoms with E-state index >= 15 is 0 Å². The molecule has 4 aromatic carbocycles. The summed E-state index contributed by atoms with van der Waals surface area (Å²) in [6.07, 6.45) is 10.1. The Morgan fingerprint density at radius 3 is 1.32 bits per heavy atom. The first kappa shape index (κ1) is 45.1. The van der Waals surface area contributed by atoms with E-state index in [0.29, 0.717) is 99.5 Å². The predicted octanol–water partition coefficient (Wildman–Crippen LogP) is 10.8. The molecule has 0 amide bonds. The lowest BCUT2D eigenvalue weighted by Gasteiger charge is -2.27. The van der Waals surface area contributed by atoms with E-state index < -0.39 is 0 Å².